The Labute approximate surface area is 98.5 Å². The normalized spacial score (nSPS) is 18.1. The Hall–Kier alpha value is -2.16. The van der Waals surface area contributed by atoms with Crippen LogP contribution in [0.5, 0.6) is 0 Å². The van der Waals surface area contributed by atoms with Crippen LogP contribution in [0.15, 0.2) is 42.6 Å². The second-order valence-electron chi connectivity index (χ2n) is 4.23. The van der Waals surface area contributed by atoms with Crippen molar-refractivity contribution in [2.45, 2.75) is 6.42 Å². The van der Waals surface area contributed by atoms with E-state index in [0.29, 0.717) is 17.7 Å². The molecule has 2 aromatic rings. The SMILES string of the molecule is O=C(c1ccc[nH]1)C1Cc2ccccc2C1=O. The summed E-state index contributed by atoms with van der Waals surface area (Å²) in [5.41, 5.74) is 2.18. The lowest BCUT2D eigenvalue weighted by Crippen LogP contribution is -2.21. The van der Waals surface area contributed by atoms with E-state index in [2.05, 4.69) is 4.98 Å². The highest BCUT2D eigenvalue weighted by atomic mass is 16.2. The van der Waals surface area contributed by atoms with Gasteiger partial charge in [0, 0.05) is 11.8 Å². The Balaban J connectivity index is 1.95. The molecule has 1 aromatic carbocycles. The number of hydrogen-bond donors (Lipinski definition) is 1. The first-order valence-electron chi connectivity index (χ1n) is 5.57. The van der Waals surface area contributed by atoms with Crippen LogP contribution in [-0.2, 0) is 6.42 Å². The molecule has 0 radical (unpaired) electrons. The second kappa shape index (κ2) is 3.70. The maximum atomic E-state index is 12.1. The third-order valence-corrected chi connectivity index (χ3v) is 3.20. The van der Waals surface area contributed by atoms with Crippen molar-refractivity contribution in [1.82, 2.24) is 4.98 Å². The molecule has 3 nitrogen and oxygen atoms in total. The molecule has 0 spiro atoms. The number of rotatable bonds is 2. The molecule has 3 heteroatoms. The van der Waals surface area contributed by atoms with Gasteiger partial charge in [-0.3, -0.25) is 9.59 Å². The van der Waals surface area contributed by atoms with Gasteiger partial charge in [-0.2, -0.15) is 0 Å². The van der Waals surface area contributed by atoms with E-state index in [0.717, 1.165) is 5.56 Å². The lowest BCUT2D eigenvalue weighted by molar-refractivity contribution is 0.0819. The number of aromatic amines is 1. The summed E-state index contributed by atoms with van der Waals surface area (Å²) in [5.74, 6) is -0.720. The molecule has 0 fully saturated rings. The van der Waals surface area contributed by atoms with Gasteiger partial charge in [-0.05, 0) is 24.1 Å². The van der Waals surface area contributed by atoms with Crippen LogP contribution in [0.1, 0.15) is 26.4 Å². The standard InChI is InChI=1S/C14H11NO2/c16-13-10-5-2-1-4-9(10)8-11(13)14(17)12-6-3-7-15-12/h1-7,11,15H,8H2. The Bertz CT molecular complexity index is 576. The molecule has 1 N–H and O–H groups in total. The molecule has 0 bridgehead atoms. The third kappa shape index (κ3) is 1.51. The van der Waals surface area contributed by atoms with Crippen molar-refractivity contribution >= 4 is 11.6 Å². The van der Waals surface area contributed by atoms with E-state index in [-0.39, 0.29) is 11.6 Å². The summed E-state index contributed by atoms with van der Waals surface area (Å²) in [6, 6.07) is 10.9. The van der Waals surface area contributed by atoms with Crippen molar-refractivity contribution in [3.8, 4) is 0 Å². The minimum atomic E-state index is -0.550. The minimum Gasteiger partial charge on any atom is -0.359 e. The van der Waals surface area contributed by atoms with Gasteiger partial charge >= 0.3 is 0 Å². The number of benzene rings is 1. The number of carbonyl (C=O) groups is 2. The summed E-state index contributed by atoms with van der Waals surface area (Å²) in [5, 5.41) is 0. The Kier molecular flexibility index (Phi) is 2.18. The third-order valence-electron chi connectivity index (χ3n) is 3.20. The average Bonchev–Trinajstić information content (AvgIpc) is 2.97. The van der Waals surface area contributed by atoms with Crippen LogP contribution < -0.4 is 0 Å². The molecule has 1 unspecified atom stereocenters. The molecule has 1 aliphatic rings. The fourth-order valence-corrected chi connectivity index (χ4v) is 2.32. The van der Waals surface area contributed by atoms with E-state index in [1.165, 1.54) is 0 Å². The molecule has 1 atom stereocenters. The van der Waals surface area contributed by atoms with Gasteiger partial charge in [0.15, 0.2) is 11.6 Å². The monoisotopic (exact) mass is 225 g/mol. The van der Waals surface area contributed by atoms with Crippen molar-refractivity contribution in [3.05, 3.63) is 59.4 Å². The quantitative estimate of drug-likeness (QED) is 0.629. The number of H-pyrrole nitrogens is 1. The molecule has 1 aromatic heterocycles. The van der Waals surface area contributed by atoms with Gasteiger partial charge in [0.05, 0.1) is 11.6 Å². The molecule has 84 valence electrons. The van der Waals surface area contributed by atoms with Gasteiger partial charge in [0.1, 0.15) is 0 Å². The van der Waals surface area contributed by atoms with E-state index in [1.807, 2.05) is 18.2 Å². The zero-order valence-electron chi connectivity index (χ0n) is 9.14. The number of Topliss-reactive ketones (excluding diaryl/α,β-unsaturated/α-hetero) is 2. The number of hydrogen-bond acceptors (Lipinski definition) is 2. The topological polar surface area (TPSA) is 49.9 Å². The van der Waals surface area contributed by atoms with E-state index < -0.39 is 5.92 Å². The number of nitrogens with one attached hydrogen (secondary N) is 1. The molecule has 3 rings (SSSR count). The Morgan fingerprint density at radius 3 is 2.71 bits per heavy atom. The first-order valence-corrected chi connectivity index (χ1v) is 5.57. The van der Waals surface area contributed by atoms with Crippen LogP contribution >= 0.6 is 0 Å². The zero-order chi connectivity index (χ0) is 11.8. The maximum absolute atomic E-state index is 12.1. The van der Waals surface area contributed by atoms with Crippen molar-refractivity contribution in [1.29, 1.82) is 0 Å². The minimum absolute atomic E-state index is 0.0554. The van der Waals surface area contributed by atoms with E-state index in [1.54, 1.807) is 24.4 Å². The van der Waals surface area contributed by atoms with Gasteiger partial charge in [-0.15, -0.1) is 0 Å². The fraction of sp³-hybridized carbons (Fsp3) is 0.143. The molecule has 1 aliphatic carbocycles. The largest absolute Gasteiger partial charge is 0.359 e. The fourth-order valence-electron chi connectivity index (χ4n) is 2.32. The van der Waals surface area contributed by atoms with Crippen LogP contribution in [-0.4, -0.2) is 16.6 Å². The molecule has 0 saturated carbocycles. The maximum Gasteiger partial charge on any atom is 0.190 e. The molecule has 0 aliphatic heterocycles. The Morgan fingerprint density at radius 2 is 2.00 bits per heavy atom. The van der Waals surface area contributed by atoms with Gasteiger partial charge in [-0.1, -0.05) is 24.3 Å². The van der Waals surface area contributed by atoms with Crippen molar-refractivity contribution in [2.75, 3.05) is 0 Å². The molecule has 0 amide bonds. The summed E-state index contributed by atoms with van der Waals surface area (Å²) in [7, 11) is 0. The first kappa shape index (κ1) is 10.0. The van der Waals surface area contributed by atoms with E-state index in [4.69, 9.17) is 0 Å². The molecule has 0 saturated heterocycles. The summed E-state index contributed by atoms with van der Waals surface area (Å²) in [6.07, 6.45) is 2.21. The van der Waals surface area contributed by atoms with Gasteiger partial charge < -0.3 is 4.98 Å². The average molecular weight is 225 g/mol. The van der Waals surface area contributed by atoms with Gasteiger partial charge in [0.25, 0.3) is 0 Å². The van der Waals surface area contributed by atoms with E-state index in [9.17, 15) is 9.59 Å². The predicted molar refractivity (Wildman–Crippen MR) is 63.1 cm³/mol. The highest BCUT2D eigenvalue weighted by Crippen LogP contribution is 2.28. The number of aromatic nitrogens is 1. The summed E-state index contributed by atoms with van der Waals surface area (Å²) in [6.45, 7) is 0. The van der Waals surface area contributed by atoms with Gasteiger partial charge in [-0.25, -0.2) is 0 Å². The van der Waals surface area contributed by atoms with Crippen molar-refractivity contribution in [2.24, 2.45) is 5.92 Å². The molecular weight excluding hydrogens is 214 g/mol. The van der Waals surface area contributed by atoms with Crippen LogP contribution in [0, 0.1) is 5.92 Å². The van der Waals surface area contributed by atoms with Gasteiger partial charge in [0.2, 0.25) is 0 Å². The van der Waals surface area contributed by atoms with Crippen LogP contribution in [0.25, 0.3) is 0 Å². The summed E-state index contributed by atoms with van der Waals surface area (Å²) >= 11 is 0. The Morgan fingerprint density at radius 1 is 1.18 bits per heavy atom. The highest BCUT2D eigenvalue weighted by Gasteiger charge is 2.36. The van der Waals surface area contributed by atoms with Crippen LogP contribution in [0.3, 0.4) is 0 Å². The molecule has 1 heterocycles. The van der Waals surface area contributed by atoms with Crippen molar-refractivity contribution < 1.29 is 9.59 Å². The summed E-state index contributed by atoms with van der Waals surface area (Å²) < 4.78 is 0. The van der Waals surface area contributed by atoms with Crippen LogP contribution in [0.4, 0.5) is 0 Å². The lowest BCUT2D eigenvalue weighted by atomic mass is 9.97. The molecule has 17 heavy (non-hydrogen) atoms. The second-order valence-corrected chi connectivity index (χ2v) is 4.23. The number of fused-ring (bicyclic) bond motifs is 1. The van der Waals surface area contributed by atoms with Crippen molar-refractivity contribution in [3.63, 3.8) is 0 Å². The van der Waals surface area contributed by atoms with Crippen LogP contribution in [0.2, 0.25) is 0 Å². The smallest absolute Gasteiger partial charge is 0.190 e. The predicted octanol–water partition coefficient (Wildman–Crippen LogP) is 2.25. The van der Waals surface area contributed by atoms with E-state index >= 15 is 0 Å². The number of carbonyl (C=O) groups excluding carboxylic acids is 2. The summed E-state index contributed by atoms with van der Waals surface area (Å²) in [4.78, 5) is 27.1. The first-order chi connectivity index (χ1) is 8.27. The zero-order valence-corrected chi connectivity index (χ0v) is 9.14. The molecular formula is C14H11NO2. The number of ketones is 2. The lowest BCUT2D eigenvalue weighted by Gasteiger charge is -2.04. The highest BCUT2D eigenvalue weighted by molar-refractivity contribution is 6.18.